The predicted molar refractivity (Wildman–Crippen MR) is 68.4 cm³/mol. The van der Waals surface area contributed by atoms with E-state index >= 15 is 0 Å². The minimum atomic E-state index is -1.09. The van der Waals surface area contributed by atoms with Crippen molar-refractivity contribution >= 4 is 17.7 Å². The number of nitrogens with two attached hydrogens (primary N) is 1. The Morgan fingerprint density at radius 2 is 2.26 bits per heavy atom. The normalized spacial score (nSPS) is 17.8. The van der Waals surface area contributed by atoms with Crippen LogP contribution >= 0.6 is 0 Å². The number of carboxylic acids is 1. The van der Waals surface area contributed by atoms with Gasteiger partial charge >= 0.3 is 5.97 Å². The summed E-state index contributed by atoms with van der Waals surface area (Å²) in [6.45, 7) is 1.49. The van der Waals surface area contributed by atoms with Gasteiger partial charge in [-0.3, -0.25) is 4.79 Å². The molecule has 1 rings (SSSR count). The molecule has 1 amide bonds. The van der Waals surface area contributed by atoms with Crippen LogP contribution in [0.3, 0.4) is 0 Å². The molecule has 4 N–H and O–H groups in total. The Morgan fingerprint density at radius 3 is 2.84 bits per heavy atom. The molecule has 1 unspecified atom stereocenters. The number of likely N-dealkylation sites (N-methyl/N-ethyl adjacent to an activating group) is 1. The molecule has 19 heavy (non-hydrogen) atoms. The average Bonchev–Trinajstić information content (AvgIpc) is 2.37. The van der Waals surface area contributed by atoms with Gasteiger partial charge in [0.05, 0.1) is 11.6 Å². The number of carbonyl (C=O) groups is 2. The van der Waals surface area contributed by atoms with E-state index < -0.39 is 12.0 Å². The van der Waals surface area contributed by atoms with Crippen molar-refractivity contribution in [3.8, 4) is 0 Å². The second-order valence-electron chi connectivity index (χ2n) is 3.88. The Balaban J connectivity index is 2.85. The van der Waals surface area contributed by atoms with Crippen molar-refractivity contribution in [2.24, 2.45) is 10.9 Å². The Labute approximate surface area is 110 Å². The standard InChI is InChI=1S/C12H15N3O4/c1-7-3-8(4-9(11(7)13)12(17)18)5-15-19-6-10(16)14-2/h3-4,11H,6,13H2,1-2H3,(H,14,16)(H,17,18). The number of nitrogens with zero attached hydrogens (tertiary/aromatic N) is 1. The molecule has 0 heterocycles. The van der Waals surface area contributed by atoms with E-state index in [-0.39, 0.29) is 18.1 Å². The number of carboxylic acid groups (broad SMARTS) is 1. The smallest absolute Gasteiger partial charge is 0.333 e. The van der Waals surface area contributed by atoms with Gasteiger partial charge in [-0.2, -0.15) is 0 Å². The van der Waals surface area contributed by atoms with Crippen molar-refractivity contribution < 1.29 is 19.5 Å². The van der Waals surface area contributed by atoms with E-state index in [0.29, 0.717) is 11.1 Å². The molecule has 1 aliphatic rings. The van der Waals surface area contributed by atoms with Gasteiger partial charge in [0, 0.05) is 18.5 Å². The zero-order valence-corrected chi connectivity index (χ0v) is 10.6. The molecule has 0 aromatic rings. The Hall–Kier alpha value is -2.37. The lowest BCUT2D eigenvalue weighted by Crippen LogP contribution is -2.30. The fourth-order valence-electron chi connectivity index (χ4n) is 1.39. The molecule has 7 heteroatoms. The number of hydrogen-bond acceptors (Lipinski definition) is 5. The van der Waals surface area contributed by atoms with Gasteiger partial charge in [-0.25, -0.2) is 4.79 Å². The van der Waals surface area contributed by atoms with Crippen LogP contribution in [0.1, 0.15) is 6.92 Å². The minimum absolute atomic E-state index is 0.0593. The van der Waals surface area contributed by atoms with E-state index in [1.165, 1.54) is 13.1 Å². The second-order valence-corrected chi connectivity index (χ2v) is 3.88. The predicted octanol–water partition coefficient (Wildman–Crippen LogP) is -0.442. The molecule has 0 saturated carbocycles. The van der Waals surface area contributed by atoms with Crippen LogP contribution in [0, 0.1) is 0 Å². The summed E-state index contributed by atoms with van der Waals surface area (Å²) in [7, 11) is 1.48. The van der Waals surface area contributed by atoms with Crippen molar-refractivity contribution in [1.82, 2.24) is 5.32 Å². The van der Waals surface area contributed by atoms with E-state index in [1.54, 1.807) is 13.0 Å². The molecule has 7 nitrogen and oxygen atoms in total. The molecule has 1 aliphatic carbocycles. The largest absolute Gasteiger partial charge is 0.478 e. The van der Waals surface area contributed by atoms with Crippen molar-refractivity contribution in [3.05, 3.63) is 28.9 Å². The van der Waals surface area contributed by atoms with E-state index in [1.807, 2.05) is 0 Å². The highest BCUT2D eigenvalue weighted by Crippen LogP contribution is 2.19. The summed E-state index contributed by atoms with van der Waals surface area (Å²) in [6.07, 6.45) is 3.02. The molecular weight excluding hydrogens is 250 g/mol. The first-order chi connectivity index (χ1) is 8.95. The molecule has 0 aromatic heterocycles. The molecule has 0 spiro atoms. The van der Waals surface area contributed by atoms with Crippen LogP contribution in [0.5, 0.6) is 0 Å². The molecule has 0 bridgehead atoms. The van der Waals surface area contributed by atoms with E-state index in [0.717, 1.165) is 0 Å². The molecule has 0 aromatic carbocycles. The number of allylic oxidation sites excluding steroid dienone is 3. The molecular formula is C12H15N3O4. The highest BCUT2D eigenvalue weighted by atomic mass is 16.6. The third-order valence-electron chi connectivity index (χ3n) is 2.48. The topological polar surface area (TPSA) is 114 Å². The lowest BCUT2D eigenvalue weighted by molar-refractivity contribution is -0.132. The Kier molecular flexibility index (Phi) is 5.05. The first kappa shape index (κ1) is 14.7. The van der Waals surface area contributed by atoms with Crippen LogP contribution < -0.4 is 11.1 Å². The number of nitrogens with one attached hydrogen (secondary N) is 1. The van der Waals surface area contributed by atoms with Crippen LogP contribution in [0.4, 0.5) is 0 Å². The van der Waals surface area contributed by atoms with Gasteiger partial charge in [-0.1, -0.05) is 5.57 Å². The number of rotatable bonds is 4. The number of aliphatic carboxylic acids is 1. The summed E-state index contributed by atoms with van der Waals surface area (Å²) in [5.74, 6) is 1.09. The molecule has 1 atom stereocenters. The van der Waals surface area contributed by atoms with Gasteiger partial charge in [-0.05, 0) is 24.2 Å². The Morgan fingerprint density at radius 1 is 1.58 bits per heavy atom. The third-order valence-corrected chi connectivity index (χ3v) is 2.48. The summed E-state index contributed by atoms with van der Waals surface area (Å²) >= 11 is 0. The lowest BCUT2D eigenvalue weighted by atomic mass is 9.92. The van der Waals surface area contributed by atoms with E-state index in [2.05, 4.69) is 16.3 Å². The van der Waals surface area contributed by atoms with Gasteiger partial charge in [0.2, 0.25) is 0 Å². The van der Waals surface area contributed by atoms with Gasteiger partial charge in [0.15, 0.2) is 6.61 Å². The highest BCUT2D eigenvalue weighted by Gasteiger charge is 2.21. The summed E-state index contributed by atoms with van der Waals surface area (Å²) in [5.41, 5.74) is 6.89. The second kappa shape index (κ2) is 6.53. The van der Waals surface area contributed by atoms with E-state index in [9.17, 15) is 9.59 Å². The van der Waals surface area contributed by atoms with Crippen molar-refractivity contribution in [2.45, 2.75) is 13.0 Å². The molecule has 0 aliphatic heterocycles. The third kappa shape index (κ3) is 4.09. The first-order valence-corrected chi connectivity index (χ1v) is 5.50. The highest BCUT2D eigenvalue weighted by molar-refractivity contribution is 5.91. The monoisotopic (exact) mass is 265 g/mol. The first-order valence-electron chi connectivity index (χ1n) is 5.50. The van der Waals surface area contributed by atoms with Gasteiger partial charge in [0.25, 0.3) is 5.91 Å². The quantitative estimate of drug-likeness (QED) is 0.471. The fourth-order valence-corrected chi connectivity index (χ4v) is 1.39. The molecule has 0 saturated heterocycles. The zero-order chi connectivity index (χ0) is 14.4. The Bertz CT molecular complexity index is 513. The van der Waals surface area contributed by atoms with Gasteiger partial charge < -0.3 is 21.0 Å². The van der Waals surface area contributed by atoms with Gasteiger partial charge in [-0.15, -0.1) is 0 Å². The van der Waals surface area contributed by atoms with Crippen LogP contribution in [0.2, 0.25) is 0 Å². The van der Waals surface area contributed by atoms with Crippen LogP contribution in [-0.2, 0) is 14.4 Å². The number of carbonyl (C=O) groups excluding carboxylic acids is 1. The zero-order valence-electron chi connectivity index (χ0n) is 10.6. The summed E-state index contributed by atoms with van der Waals surface area (Å²) in [5, 5.41) is 14.8. The van der Waals surface area contributed by atoms with E-state index in [4.69, 9.17) is 15.7 Å². The molecule has 0 radical (unpaired) electrons. The maximum atomic E-state index is 11.0. The van der Waals surface area contributed by atoms with Crippen LogP contribution in [-0.4, -0.2) is 42.5 Å². The summed E-state index contributed by atoms with van der Waals surface area (Å²) < 4.78 is 0. The molecule has 0 fully saturated rings. The number of amides is 1. The van der Waals surface area contributed by atoms with Gasteiger partial charge in [0.1, 0.15) is 0 Å². The fraction of sp³-hybridized carbons (Fsp3) is 0.333. The lowest BCUT2D eigenvalue weighted by Gasteiger charge is -2.17. The molecule has 102 valence electrons. The maximum Gasteiger partial charge on any atom is 0.333 e. The number of hydrogen-bond donors (Lipinski definition) is 3. The summed E-state index contributed by atoms with van der Waals surface area (Å²) in [4.78, 5) is 26.5. The summed E-state index contributed by atoms with van der Waals surface area (Å²) in [6, 6.07) is -0.644. The van der Waals surface area contributed by atoms with Crippen molar-refractivity contribution in [3.63, 3.8) is 0 Å². The maximum absolute atomic E-state index is 11.0. The average molecular weight is 265 g/mol. The van der Waals surface area contributed by atoms with Crippen LogP contribution in [0.15, 0.2) is 34.0 Å². The van der Waals surface area contributed by atoms with Crippen molar-refractivity contribution in [1.29, 1.82) is 0 Å². The minimum Gasteiger partial charge on any atom is -0.478 e. The SMILES string of the molecule is CNC(=O)CON=C=C1C=C(C)C(N)C(C(=O)O)=C1. The van der Waals surface area contributed by atoms with Crippen LogP contribution in [0.25, 0.3) is 0 Å². The van der Waals surface area contributed by atoms with Crippen molar-refractivity contribution in [2.75, 3.05) is 13.7 Å².